The van der Waals surface area contributed by atoms with Crippen molar-refractivity contribution in [2.45, 2.75) is 40.2 Å². The minimum absolute atomic E-state index is 0.829. The van der Waals surface area contributed by atoms with Gasteiger partial charge in [-0.25, -0.2) is 0 Å². The van der Waals surface area contributed by atoms with Gasteiger partial charge in [-0.2, -0.15) is 0 Å². The highest BCUT2D eigenvalue weighted by Crippen LogP contribution is 2.12. The first-order chi connectivity index (χ1) is 6.27. The van der Waals surface area contributed by atoms with Crippen LogP contribution in [-0.4, -0.2) is 49.1 Å². The molecule has 1 unspecified atom stereocenters. The molecule has 0 aromatic heterocycles. The zero-order chi connectivity index (χ0) is 10.3. The molecule has 2 nitrogen and oxygen atoms in total. The predicted octanol–water partition coefficient (Wildman–Crippen LogP) is 2.06. The molecule has 0 spiro atoms. The standard InChI is InChI=1S/C9H20N2.C2H6/c1-4-11(5-2)9-6-7-10(3)8-9;1-2/h9H,4-8H2,1-3H3;1-2H3. The summed E-state index contributed by atoms with van der Waals surface area (Å²) in [5.41, 5.74) is 0. The van der Waals surface area contributed by atoms with E-state index < -0.39 is 0 Å². The number of nitrogens with zero attached hydrogens (tertiary/aromatic N) is 2. The quantitative estimate of drug-likeness (QED) is 0.665. The van der Waals surface area contributed by atoms with Gasteiger partial charge in [0.1, 0.15) is 0 Å². The minimum Gasteiger partial charge on any atom is -0.305 e. The summed E-state index contributed by atoms with van der Waals surface area (Å²) in [5, 5.41) is 0. The minimum atomic E-state index is 0.829. The number of hydrogen-bond donors (Lipinski definition) is 0. The fourth-order valence-electron chi connectivity index (χ4n) is 1.95. The molecular formula is C11H26N2. The Kier molecular flexibility index (Phi) is 7.29. The number of likely N-dealkylation sites (N-methyl/N-ethyl adjacent to an activating group) is 2. The Labute approximate surface area is 83.9 Å². The molecule has 1 heterocycles. The Bertz CT molecular complexity index is 111. The van der Waals surface area contributed by atoms with E-state index in [0.717, 1.165) is 6.04 Å². The third-order valence-electron chi connectivity index (χ3n) is 2.70. The molecule has 1 aliphatic heterocycles. The molecule has 1 aliphatic rings. The van der Waals surface area contributed by atoms with Crippen LogP contribution in [0.1, 0.15) is 34.1 Å². The van der Waals surface area contributed by atoms with Crippen molar-refractivity contribution >= 4 is 0 Å². The molecule has 0 aliphatic carbocycles. The third-order valence-corrected chi connectivity index (χ3v) is 2.70. The van der Waals surface area contributed by atoms with E-state index in [1.807, 2.05) is 13.8 Å². The first-order valence-corrected chi connectivity index (χ1v) is 5.70. The molecule has 1 fully saturated rings. The third kappa shape index (κ3) is 4.10. The molecule has 0 aromatic rings. The van der Waals surface area contributed by atoms with E-state index in [-0.39, 0.29) is 0 Å². The highest BCUT2D eigenvalue weighted by molar-refractivity contribution is 4.80. The molecule has 0 radical (unpaired) electrons. The van der Waals surface area contributed by atoms with E-state index in [4.69, 9.17) is 0 Å². The molecule has 0 N–H and O–H groups in total. The molecule has 2 heteroatoms. The van der Waals surface area contributed by atoms with Gasteiger partial charge in [0.2, 0.25) is 0 Å². The van der Waals surface area contributed by atoms with Gasteiger partial charge in [-0.1, -0.05) is 27.7 Å². The van der Waals surface area contributed by atoms with Crippen LogP contribution >= 0.6 is 0 Å². The maximum absolute atomic E-state index is 2.56. The summed E-state index contributed by atoms with van der Waals surface area (Å²) in [4.78, 5) is 4.98. The lowest BCUT2D eigenvalue weighted by atomic mass is 10.2. The van der Waals surface area contributed by atoms with Crippen molar-refractivity contribution in [2.75, 3.05) is 33.2 Å². The van der Waals surface area contributed by atoms with Crippen molar-refractivity contribution in [1.82, 2.24) is 9.80 Å². The zero-order valence-electron chi connectivity index (χ0n) is 10.0. The molecule has 1 saturated heterocycles. The van der Waals surface area contributed by atoms with Crippen molar-refractivity contribution < 1.29 is 0 Å². The van der Waals surface area contributed by atoms with Gasteiger partial charge in [0.25, 0.3) is 0 Å². The summed E-state index contributed by atoms with van der Waals surface area (Å²) < 4.78 is 0. The summed E-state index contributed by atoms with van der Waals surface area (Å²) >= 11 is 0. The second kappa shape index (κ2) is 7.34. The first-order valence-electron chi connectivity index (χ1n) is 5.70. The number of hydrogen-bond acceptors (Lipinski definition) is 2. The van der Waals surface area contributed by atoms with Gasteiger partial charge < -0.3 is 4.90 Å². The van der Waals surface area contributed by atoms with Crippen LogP contribution in [0.5, 0.6) is 0 Å². The summed E-state index contributed by atoms with van der Waals surface area (Å²) in [6.07, 6.45) is 1.36. The van der Waals surface area contributed by atoms with E-state index in [1.165, 1.54) is 32.6 Å². The molecule has 0 amide bonds. The Morgan fingerprint density at radius 3 is 2.08 bits per heavy atom. The topological polar surface area (TPSA) is 6.48 Å². The van der Waals surface area contributed by atoms with Crippen LogP contribution < -0.4 is 0 Å². The van der Waals surface area contributed by atoms with Gasteiger partial charge in [-0.15, -0.1) is 0 Å². The Morgan fingerprint density at radius 1 is 1.23 bits per heavy atom. The lowest BCUT2D eigenvalue weighted by molar-refractivity contribution is 0.218. The smallest absolute Gasteiger partial charge is 0.0234 e. The maximum Gasteiger partial charge on any atom is 0.0234 e. The van der Waals surface area contributed by atoms with Crippen LogP contribution in [0.4, 0.5) is 0 Å². The van der Waals surface area contributed by atoms with Crippen LogP contribution in [0.2, 0.25) is 0 Å². The van der Waals surface area contributed by atoms with Gasteiger partial charge >= 0.3 is 0 Å². The van der Waals surface area contributed by atoms with Crippen LogP contribution in [-0.2, 0) is 0 Å². The SMILES string of the molecule is CC.CCN(CC)C1CCN(C)C1. The molecule has 1 atom stereocenters. The van der Waals surface area contributed by atoms with Crippen LogP contribution in [0.15, 0.2) is 0 Å². The van der Waals surface area contributed by atoms with E-state index in [2.05, 4.69) is 30.7 Å². The fourth-order valence-corrected chi connectivity index (χ4v) is 1.95. The average molecular weight is 186 g/mol. The van der Waals surface area contributed by atoms with E-state index in [1.54, 1.807) is 0 Å². The largest absolute Gasteiger partial charge is 0.305 e. The predicted molar refractivity (Wildman–Crippen MR) is 60.2 cm³/mol. The van der Waals surface area contributed by atoms with Crippen molar-refractivity contribution in [3.8, 4) is 0 Å². The van der Waals surface area contributed by atoms with Crippen LogP contribution in [0.3, 0.4) is 0 Å². The maximum atomic E-state index is 2.56. The van der Waals surface area contributed by atoms with E-state index in [9.17, 15) is 0 Å². The number of likely N-dealkylation sites (tertiary alicyclic amines) is 1. The van der Waals surface area contributed by atoms with Gasteiger partial charge in [0, 0.05) is 12.6 Å². The second-order valence-corrected chi connectivity index (χ2v) is 3.43. The van der Waals surface area contributed by atoms with Crippen LogP contribution in [0.25, 0.3) is 0 Å². The molecule has 80 valence electrons. The summed E-state index contributed by atoms with van der Waals surface area (Å²) in [5.74, 6) is 0. The summed E-state index contributed by atoms with van der Waals surface area (Å²) in [7, 11) is 2.21. The lowest BCUT2D eigenvalue weighted by Gasteiger charge is -2.25. The molecular weight excluding hydrogens is 160 g/mol. The highest BCUT2D eigenvalue weighted by atomic mass is 15.2. The van der Waals surface area contributed by atoms with Crippen LogP contribution in [0, 0.1) is 0 Å². The lowest BCUT2D eigenvalue weighted by Crippen LogP contribution is -2.36. The number of rotatable bonds is 3. The van der Waals surface area contributed by atoms with Crippen molar-refractivity contribution in [1.29, 1.82) is 0 Å². The fraction of sp³-hybridized carbons (Fsp3) is 1.00. The average Bonchev–Trinajstić information content (AvgIpc) is 2.58. The van der Waals surface area contributed by atoms with Gasteiger partial charge in [-0.05, 0) is 33.1 Å². The molecule has 0 bridgehead atoms. The molecule has 0 saturated carbocycles. The monoisotopic (exact) mass is 186 g/mol. The van der Waals surface area contributed by atoms with Crippen molar-refractivity contribution in [2.24, 2.45) is 0 Å². The second-order valence-electron chi connectivity index (χ2n) is 3.43. The first kappa shape index (κ1) is 12.9. The normalized spacial score (nSPS) is 23.1. The summed E-state index contributed by atoms with van der Waals surface area (Å²) in [6, 6.07) is 0.829. The Morgan fingerprint density at radius 2 is 1.77 bits per heavy atom. The van der Waals surface area contributed by atoms with E-state index in [0.29, 0.717) is 0 Å². The Balaban J connectivity index is 0.000000671. The van der Waals surface area contributed by atoms with Gasteiger partial charge in [-0.3, -0.25) is 4.90 Å². The molecule has 1 rings (SSSR count). The van der Waals surface area contributed by atoms with Crippen molar-refractivity contribution in [3.05, 3.63) is 0 Å². The Hall–Kier alpha value is -0.0800. The summed E-state index contributed by atoms with van der Waals surface area (Å²) in [6.45, 7) is 13.5. The van der Waals surface area contributed by atoms with Gasteiger partial charge in [0.05, 0.1) is 0 Å². The molecule has 0 aromatic carbocycles. The van der Waals surface area contributed by atoms with Crippen molar-refractivity contribution in [3.63, 3.8) is 0 Å². The molecule has 13 heavy (non-hydrogen) atoms. The highest BCUT2D eigenvalue weighted by Gasteiger charge is 2.23. The zero-order valence-corrected chi connectivity index (χ0v) is 10.0. The van der Waals surface area contributed by atoms with E-state index >= 15 is 0 Å². The van der Waals surface area contributed by atoms with Gasteiger partial charge in [0.15, 0.2) is 0 Å².